The molecule has 29 heavy (non-hydrogen) atoms. The second kappa shape index (κ2) is 16.1. The van der Waals surface area contributed by atoms with Gasteiger partial charge in [-0.3, -0.25) is 0 Å². The summed E-state index contributed by atoms with van der Waals surface area (Å²) < 4.78 is 24.7. The first-order chi connectivity index (χ1) is 13.5. The van der Waals surface area contributed by atoms with Crippen molar-refractivity contribution in [2.75, 3.05) is 52.6 Å². The highest BCUT2D eigenvalue weighted by Crippen LogP contribution is 2.26. The van der Waals surface area contributed by atoms with Crippen LogP contribution >= 0.6 is 0 Å². The molecular weight excluding hydrogens is 416 g/mol. The van der Waals surface area contributed by atoms with Crippen LogP contribution in [0.25, 0.3) is 0 Å². The fourth-order valence-electron chi connectivity index (χ4n) is 3.50. The summed E-state index contributed by atoms with van der Waals surface area (Å²) in [6.45, 7) is 25.0. The molecule has 0 aromatic carbocycles. The third kappa shape index (κ3) is 18.9. The maximum atomic E-state index is 6.66. The molecule has 0 fully saturated rings. The smallest absolute Gasteiger partial charge is 0.311 e. The molecule has 0 spiro atoms. The summed E-state index contributed by atoms with van der Waals surface area (Å²) in [5.41, 5.74) is 0. The van der Waals surface area contributed by atoms with E-state index < -0.39 is 25.2 Å². The molecule has 0 saturated carbocycles. The van der Waals surface area contributed by atoms with Crippen molar-refractivity contribution in [3.63, 3.8) is 0 Å². The van der Waals surface area contributed by atoms with Gasteiger partial charge < -0.3 is 28.3 Å². The van der Waals surface area contributed by atoms with Crippen molar-refractivity contribution in [2.45, 2.75) is 78.1 Å². The van der Waals surface area contributed by atoms with E-state index in [2.05, 4.69) is 63.8 Å². The van der Waals surface area contributed by atoms with E-state index in [9.17, 15) is 0 Å². The highest BCUT2D eigenvalue weighted by Gasteiger charge is 2.39. The van der Waals surface area contributed by atoms with E-state index in [0.29, 0.717) is 0 Å². The molecule has 176 valence electrons. The Morgan fingerprint density at radius 2 is 0.966 bits per heavy atom. The molecule has 0 atom stereocenters. The van der Waals surface area contributed by atoms with Crippen LogP contribution in [0.3, 0.4) is 0 Å². The molecule has 0 aliphatic rings. The molecule has 9 heteroatoms. The monoisotopic (exact) mass is 466 g/mol. The van der Waals surface area contributed by atoms with Crippen LogP contribution in [0.1, 0.15) is 26.7 Å². The van der Waals surface area contributed by atoms with Crippen molar-refractivity contribution in [3.05, 3.63) is 0 Å². The van der Waals surface area contributed by atoms with Crippen LogP contribution in [0.2, 0.25) is 51.4 Å². The Morgan fingerprint density at radius 3 is 1.31 bits per heavy atom. The van der Waals surface area contributed by atoms with E-state index in [1.165, 1.54) is 0 Å². The molecular formula is C20H50N2O4Si3. The van der Waals surface area contributed by atoms with Crippen LogP contribution in [0.5, 0.6) is 0 Å². The van der Waals surface area contributed by atoms with Crippen molar-refractivity contribution in [1.82, 2.24) is 10.6 Å². The largest absolute Gasteiger partial charge is 0.437 e. The number of hydrogen-bond acceptors (Lipinski definition) is 6. The fourth-order valence-corrected chi connectivity index (χ4v) is 17.5. The number of ether oxygens (including phenoxy) is 2. The number of rotatable bonds is 20. The molecule has 0 aromatic rings. The zero-order valence-electron chi connectivity index (χ0n) is 20.6. The Hall–Kier alpha value is 0.411. The molecule has 0 bridgehead atoms. The molecule has 0 aliphatic carbocycles. The van der Waals surface area contributed by atoms with Crippen molar-refractivity contribution >= 4 is 25.2 Å². The van der Waals surface area contributed by atoms with Crippen LogP contribution in [0.4, 0.5) is 0 Å². The van der Waals surface area contributed by atoms with Crippen LogP contribution in [0, 0.1) is 0 Å². The summed E-state index contributed by atoms with van der Waals surface area (Å²) in [6, 6.07) is 2.24. The summed E-state index contributed by atoms with van der Waals surface area (Å²) in [7, 11) is -5.60. The van der Waals surface area contributed by atoms with Gasteiger partial charge in [0.15, 0.2) is 16.6 Å². The third-order valence-corrected chi connectivity index (χ3v) is 16.0. The molecule has 0 aliphatic heterocycles. The summed E-state index contributed by atoms with van der Waals surface area (Å²) >= 11 is 0. The van der Waals surface area contributed by atoms with Gasteiger partial charge in [-0.15, -0.1) is 0 Å². The average Bonchev–Trinajstić information content (AvgIpc) is 2.58. The lowest BCUT2D eigenvalue weighted by Crippen LogP contribution is -2.52. The summed E-state index contributed by atoms with van der Waals surface area (Å²) in [5, 5.41) is 6.56. The molecule has 0 rings (SSSR count). The summed E-state index contributed by atoms with van der Waals surface area (Å²) in [5.74, 6) is 0. The Kier molecular flexibility index (Phi) is 16.3. The Bertz CT molecular complexity index is 366. The van der Waals surface area contributed by atoms with Gasteiger partial charge in [0.1, 0.15) is 0 Å². The van der Waals surface area contributed by atoms with Crippen LogP contribution < -0.4 is 10.6 Å². The van der Waals surface area contributed by atoms with Gasteiger partial charge in [0.2, 0.25) is 0 Å². The maximum absolute atomic E-state index is 6.66. The zero-order chi connectivity index (χ0) is 22.2. The van der Waals surface area contributed by atoms with Gasteiger partial charge in [-0.2, -0.15) is 0 Å². The number of hydrogen-bond donors (Lipinski definition) is 2. The SMILES string of the molecule is CCNCCOCCC[Si](C)(C)O[Si](C)(C)O[Si](C)(C)CCCOCCNCC. The van der Waals surface area contributed by atoms with Gasteiger partial charge in [0, 0.05) is 26.3 Å². The second-order valence-electron chi connectivity index (χ2n) is 9.26. The fraction of sp³-hybridized carbons (Fsp3) is 1.00. The van der Waals surface area contributed by atoms with Gasteiger partial charge in [-0.25, -0.2) is 0 Å². The Balaban J connectivity index is 4.11. The maximum Gasteiger partial charge on any atom is 0.311 e. The van der Waals surface area contributed by atoms with E-state index in [1.807, 2.05) is 0 Å². The molecule has 0 heterocycles. The van der Waals surface area contributed by atoms with Crippen LogP contribution in [0.15, 0.2) is 0 Å². The highest BCUT2D eigenvalue weighted by molar-refractivity contribution is 6.87. The minimum atomic E-state index is -2.12. The summed E-state index contributed by atoms with van der Waals surface area (Å²) in [6.07, 6.45) is 2.14. The molecule has 0 aromatic heterocycles. The van der Waals surface area contributed by atoms with Crippen molar-refractivity contribution in [2.24, 2.45) is 0 Å². The quantitative estimate of drug-likeness (QED) is 0.207. The first-order valence-electron chi connectivity index (χ1n) is 11.5. The lowest BCUT2D eigenvalue weighted by Gasteiger charge is -2.38. The Morgan fingerprint density at radius 1 is 0.586 bits per heavy atom. The van der Waals surface area contributed by atoms with Crippen LogP contribution in [-0.4, -0.2) is 77.8 Å². The lowest BCUT2D eigenvalue weighted by molar-refractivity contribution is 0.136. The molecule has 0 radical (unpaired) electrons. The highest BCUT2D eigenvalue weighted by atomic mass is 28.5. The third-order valence-electron chi connectivity index (χ3n) is 4.53. The van der Waals surface area contributed by atoms with Crippen molar-refractivity contribution in [3.8, 4) is 0 Å². The zero-order valence-corrected chi connectivity index (χ0v) is 23.6. The van der Waals surface area contributed by atoms with Crippen molar-refractivity contribution < 1.29 is 17.7 Å². The van der Waals surface area contributed by atoms with Crippen molar-refractivity contribution in [1.29, 1.82) is 0 Å². The Labute approximate surface area is 184 Å². The van der Waals surface area contributed by atoms with E-state index in [4.69, 9.17) is 17.7 Å². The first-order valence-corrected chi connectivity index (χ1v) is 20.6. The van der Waals surface area contributed by atoms with Gasteiger partial charge in [-0.05, 0) is 77.3 Å². The predicted molar refractivity (Wildman–Crippen MR) is 132 cm³/mol. The van der Waals surface area contributed by atoms with Crippen LogP contribution in [-0.2, 0) is 17.7 Å². The average molecular weight is 467 g/mol. The molecule has 2 N–H and O–H groups in total. The minimum Gasteiger partial charge on any atom is -0.437 e. The molecule has 0 saturated heterocycles. The number of likely N-dealkylation sites (N-methyl/N-ethyl adjacent to an activating group) is 2. The van der Waals surface area contributed by atoms with E-state index >= 15 is 0 Å². The van der Waals surface area contributed by atoms with E-state index in [1.54, 1.807) is 0 Å². The van der Waals surface area contributed by atoms with Gasteiger partial charge in [0.25, 0.3) is 0 Å². The lowest BCUT2D eigenvalue weighted by atomic mass is 10.5. The van der Waals surface area contributed by atoms with E-state index in [-0.39, 0.29) is 0 Å². The normalized spacial score (nSPS) is 13.2. The minimum absolute atomic E-state index is 0.790. The topological polar surface area (TPSA) is 61.0 Å². The summed E-state index contributed by atoms with van der Waals surface area (Å²) in [4.78, 5) is 0. The predicted octanol–water partition coefficient (Wildman–Crippen LogP) is 4.16. The van der Waals surface area contributed by atoms with Gasteiger partial charge in [-0.1, -0.05) is 13.8 Å². The van der Waals surface area contributed by atoms with Gasteiger partial charge in [0.05, 0.1) is 13.2 Å². The standard InChI is InChI=1S/C20H50N2O4Si3/c1-9-21-13-17-23-15-11-19-27(3,4)25-29(7,8)26-28(5,6)20-12-16-24-18-14-22-10-2/h21-22H,9-20H2,1-8H3. The number of nitrogens with one attached hydrogen (secondary N) is 2. The van der Waals surface area contributed by atoms with E-state index in [0.717, 1.165) is 77.5 Å². The second-order valence-corrected chi connectivity index (χ2v) is 21.7. The molecule has 6 nitrogen and oxygen atoms in total. The van der Waals surface area contributed by atoms with Gasteiger partial charge >= 0.3 is 8.56 Å². The first kappa shape index (κ1) is 29.4. The molecule has 0 amide bonds. The molecule has 0 unspecified atom stereocenters.